The normalized spacial score (nSPS) is 15.0. The molecule has 0 bridgehead atoms. The van der Waals surface area contributed by atoms with E-state index in [1.807, 2.05) is 48.7 Å². The van der Waals surface area contributed by atoms with Gasteiger partial charge in [-0.3, -0.25) is 4.79 Å². The second-order valence-electron chi connectivity index (χ2n) is 6.86. The van der Waals surface area contributed by atoms with E-state index in [1.165, 1.54) is 0 Å². The first-order chi connectivity index (χ1) is 14.1. The molecule has 1 amide bonds. The minimum atomic E-state index is -0.216. The number of hydrogen-bond donors (Lipinski definition) is 0. The van der Waals surface area contributed by atoms with Gasteiger partial charge in [-0.15, -0.1) is 11.3 Å². The van der Waals surface area contributed by atoms with Crippen LogP contribution in [0.4, 0.5) is 0 Å². The zero-order valence-electron chi connectivity index (χ0n) is 16.3. The molecule has 4 rings (SSSR count). The van der Waals surface area contributed by atoms with Gasteiger partial charge in [-0.2, -0.15) is 0 Å². The summed E-state index contributed by atoms with van der Waals surface area (Å²) in [6.45, 7) is 3.18. The Morgan fingerprint density at radius 2 is 2.07 bits per heavy atom. The number of amides is 1. The zero-order chi connectivity index (χ0) is 20.2. The van der Waals surface area contributed by atoms with E-state index in [9.17, 15) is 4.79 Å². The summed E-state index contributed by atoms with van der Waals surface area (Å²) in [6, 6.07) is 14.7. The first-order valence-corrected chi connectivity index (χ1v) is 10.2. The molecule has 0 N–H and O–H groups in total. The highest BCUT2D eigenvalue weighted by Gasteiger charge is 2.24. The first-order valence-electron chi connectivity index (χ1n) is 9.36. The molecule has 1 atom stereocenters. The van der Waals surface area contributed by atoms with E-state index >= 15 is 0 Å². The predicted octanol–water partition coefficient (Wildman–Crippen LogP) is 3.94. The first kappa shape index (κ1) is 19.3. The van der Waals surface area contributed by atoms with E-state index in [2.05, 4.69) is 4.98 Å². The molecular formula is C22H22N2O4S. The van der Waals surface area contributed by atoms with Crippen molar-refractivity contribution in [2.75, 3.05) is 20.2 Å². The molecule has 3 aromatic rings. The number of nitrogens with zero attached hydrogens (tertiary/aromatic N) is 2. The fraction of sp³-hybridized carbons (Fsp3) is 0.273. The van der Waals surface area contributed by atoms with Crippen molar-refractivity contribution in [1.82, 2.24) is 9.88 Å². The summed E-state index contributed by atoms with van der Waals surface area (Å²) in [5.74, 6) is 1.98. The fourth-order valence-electron chi connectivity index (χ4n) is 3.11. The number of aryl methyl sites for hydroxylation is 1. The number of para-hydroxylation sites is 2. The lowest BCUT2D eigenvalue weighted by atomic mass is 10.2. The fourth-order valence-corrected chi connectivity index (χ4v) is 3.71. The topological polar surface area (TPSA) is 60.9 Å². The minimum Gasteiger partial charge on any atom is -0.487 e. The van der Waals surface area contributed by atoms with Crippen LogP contribution in [0.5, 0.6) is 17.2 Å². The molecule has 1 aromatic heterocycles. The molecule has 0 saturated heterocycles. The maximum Gasteiger partial charge on any atom is 0.253 e. The van der Waals surface area contributed by atoms with Gasteiger partial charge < -0.3 is 19.1 Å². The summed E-state index contributed by atoms with van der Waals surface area (Å²) in [5, 5.41) is 2.98. The van der Waals surface area contributed by atoms with Crippen molar-refractivity contribution in [3.05, 3.63) is 70.2 Å². The standard InChI is InChI=1S/C22H22N2O4S/c1-15-23-17(14-29-15)12-26-18-7-5-6-16(10-18)22(25)24(2)11-19-13-27-20-8-3-4-9-21(20)28-19/h3-10,14,19H,11-13H2,1-2H3. The van der Waals surface area contributed by atoms with Crippen molar-refractivity contribution in [2.45, 2.75) is 19.6 Å². The maximum absolute atomic E-state index is 12.9. The lowest BCUT2D eigenvalue weighted by molar-refractivity contribution is 0.0520. The molecular weight excluding hydrogens is 388 g/mol. The van der Waals surface area contributed by atoms with Crippen LogP contribution in [0.1, 0.15) is 21.1 Å². The molecule has 150 valence electrons. The SMILES string of the molecule is Cc1nc(COc2cccc(C(=O)N(C)CC3COc4ccccc4O3)c2)cs1. The van der Waals surface area contributed by atoms with Crippen molar-refractivity contribution >= 4 is 17.2 Å². The van der Waals surface area contributed by atoms with Crippen LogP contribution in [-0.4, -0.2) is 42.1 Å². The Balaban J connectivity index is 1.36. The van der Waals surface area contributed by atoms with Gasteiger partial charge in [0.25, 0.3) is 5.91 Å². The number of ether oxygens (including phenoxy) is 3. The number of thiazole rings is 1. The van der Waals surface area contributed by atoms with Gasteiger partial charge in [0.2, 0.25) is 0 Å². The molecule has 29 heavy (non-hydrogen) atoms. The number of benzene rings is 2. The van der Waals surface area contributed by atoms with E-state index in [0.717, 1.165) is 16.5 Å². The van der Waals surface area contributed by atoms with Crippen molar-refractivity contribution < 1.29 is 19.0 Å². The number of carbonyl (C=O) groups excluding carboxylic acids is 1. The van der Waals surface area contributed by atoms with E-state index in [0.29, 0.717) is 36.8 Å². The highest BCUT2D eigenvalue weighted by atomic mass is 32.1. The van der Waals surface area contributed by atoms with Crippen LogP contribution >= 0.6 is 11.3 Å². The van der Waals surface area contributed by atoms with E-state index < -0.39 is 0 Å². The largest absolute Gasteiger partial charge is 0.487 e. The molecule has 1 aliphatic heterocycles. The molecule has 0 fully saturated rings. The highest BCUT2D eigenvalue weighted by Crippen LogP contribution is 2.31. The third kappa shape index (κ3) is 4.68. The lowest BCUT2D eigenvalue weighted by Crippen LogP contribution is -2.41. The number of fused-ring (bicyclic) bond motifs is 1. The molecule has 0 spiro atoms. The van der Waals surface area contributed by atoms with Crippen molar-refractivity contribution in [1.29, 1.82) is 0 Å². The van der Waals surface area contributed by atoms with Gasteiger partial charge in [0.1, 0.15) is 19.0 Å². The lowest BCUT2D eigenvalue weighted by Gasteiger charge is -2.29. The van der Waals surface area contributed by atoms with Gasteiger partial charge in [0, 0.05) is 18.0 Å². The number of hydrogen-bond acceptors (Lipinski definition) is 6. The Hall–Kier alpha value is -3.06. The Bertz CT molecular complexity index is 1000. The highest BCUT2D eigenvalue weighted by molar-refractivity contribution is 7.09. The predicted molar refractivity (Wildman–Crippen MR) is 111 cm³/mol. The van der Waals surface area contributed by atoms with Crippen LogP contribution < -0.4 is 14.2 Å². The average Bonchev–Trinajstić information content (AvgIpc) is 3.17. The van der Waals surface area contributed by atoms with Crippen LogP contribution in [0.2, 0.25) is 0 Å². The molecule has 2 heterocycles. The maximum atomic E-state index is 12.9. The second kappa shape index (κ2) is 8.53. The van der Waals surface area contributed by atoms with Crippen LogP contribution in [0.3, 0.4) is 0 Å². The number of likely N-dealkylation sites (N-methyl/N-ethyl adjacent to an activating group) is 1. The van der Waals surface area contributed by atoms with Gasteiger partial charge in [-0.25, -0.2) is 4.98 Å². The van der Waals surface area contributed by atoms with Gasteiger partial charge in [-0.05, 0) is 37.3 Å². The second-order valence-corrected chi connectivity index (χ2v) is 7.92. The third-order valence-corrected chi connectivity index (χ3v) is 5.35. The summed E-state index contributed by atoms with van der Waals surface area (Å²) in [6.07, 6.45) is -0.216. The Morgan fingerprint density at radius 3 is 2.86 bits per heavy atom. The number of rotatable bonds is 6. The number of aromatic nitrogens is 1. The smallest absolute Gasteiger partial charge is 0.253 e. The molecule has 0 radical (unpaired) electrons. The van der Waals surface area contributed by atoms with Gasteiger partial charge in [-0.1, -0.05) is 18.2 Å². The summed E-state index contributed by atoms with van der Waals surface area (Å²) in [4.78, 5) is 18.9. The van der Waals surface area contributed by atoms with Crippen molar-refractivity contribution in [3.63, 3.8) is 0 Å². The van der Waals surface area contributed by atoms with Gasteiger partial charge in [0.15, 0.2) is 17.6 Å². The number of carbonyl (C=O) groups is 1. The molecule has 7 heteroatoms. The van der Waals surface area contributed by atoms with E-state index in [4.69, 9.17) is 14.2 Å². The van der Waals surface area contributed by atoms with Crippen LogP contribution in [0.15, 0.2) is 53.9 Å². The van der Waals surface area contributed by atoms with Crippen LogP contribution in [0.25, 0.3) is 0 Å². The minimum absolute atomic E-state index is 0.0950. The Morgan fingerprint density at radius 1 is 1.24 bits per heavy atom. The molecule has 6 nitrogen and oxygen atoms in total. The van der Waals surface area contributed by atoms with E-state index in [1.54, 1.807) is 35.4 Å². The summed E-state index contributed by atoms with van der Waals surface area (Å²) < 4.78 is 17.5. The molecule has 0 aliphatic carbocycles. The zero-order valence-corrected chi connectivity index (χ0v) is 17.1. The van der Waals surface area contributed by atoms with Crippen molar-refractivity contribution in [2.24, 2.45) is 0 Å². The van der Waals surface area contributed by atoms with Gasteiger partial charge in [0.05, 0.1) is 17.2 Å². The Kier molecular flexibility index (Phi) is 5.67. The summed E-state index contributed by atoms with van der Waals surface area (Å²) in [7, 11) is 1.76. The quantitative estimate of drug-likeness (QED) is 0.616. The molecule has 2 aromatic carbocycles. The summed E-state index contributed by atoms with van der Waals surface area (Å²) >= 11 is 1.59. The monoisotopic (exact) mass is 410 g/mol. The average molecular weight is 410 g/mol. The van der Waals surface area contributed by atoms with E-state index in [-0.39, 0.29) is 12.0 Å². The molecule has 0 saturated carbocycles. The molecule has 1 aliphatic rings. The van der Waals surface area contributed by atoms with Gasteiger partial charge >= 0.3 is 0 Å². The third-order valence-electron chi connectivity index (χ3n) is 4.53. The summed E-state index contributed by atoms with van der Waals surface area (Å²) in [5.41, 5.74) is 1.45. The van der Waals surface area contributed by atoms with Crippen molar-refractivity contribution in [3.8, 4) is 17.2 Å². The Labute approximate surface area is 173 Å². The van der Waals surface area contributed by atoms with Crippen LogP contribution in [-0.2, 0) is 6.61 Å². The van der Waals surface area contributed by atoms with Crippen LogP contribution in [0, 0.1) is 6.92 Å². The molecule has 1 unspecified atom stereocenters.